The first-order valence-electron chi connectivity index (χ1n) is 6.41. The zero-order valence-electron chi connectivity index (χ0n) is 11.7. The summed E-state index contributed by atoms with van der Waals surface area (Å²) in [6.45, 7) is -0.0133. The van der Waals surface area contributed by atoms with Crippen molar-refractivity contribution >= 4 is 6.08 Å². The van der Waals surface area contributed by atoms with Crippen LogP contribution >= 0.6 is 0 Å². The average molecular weight is 314 g/mol. The number of benzene rings is 2. The molecule has 3 nitrogen and oxygen atoms in total. The number of halogens is 3. The van der Waals surface area contributed by atoms with E-state index in [1.54, 1.807) is 36.4 Å². The molecule has 23 heavy (non-hydrogen) atoms. The molecule has 0 bridgehead atoms. The van der Waals surface area contributed by atoms with E-state index in [4.69, 9.17) is 15.3 Å². The van der Waals surface area contributed by atoms with E-state index in [1.807, 2.05) is 0 Å². The topological polar surface area (TPSA) is 56.8 Å². The van der Waals surface area contributed by atoms with E-state index in [-0.39, 0.29) is 17.9 Å². The summed E-state index contributed by atoms with van der Waals surface area (Å²) in [7, 11) is 0. The van der Waals surface area contributed by atoms with Gasteiger partial charge in [-0.25, -0.2) is 13.2 Å². The first kappa shape index (κ1) is 16.1. The molecule has 0 heterocycles. The van der Waals surface area contributed by atoms with E-state index in [0.29, 0.717) is 11.1 Å². The molecular formula is C17H9F3N2O. The van der Waals surface area contributed by atoms with Crippen LogP contribution in [-0.4, -0.2) is 0 Å². The van der Waals surface area contributed by atoms with E-state index in [1.165, 1.54) is 6.08 Å². The molecule has 0 N–H and O–H groups in total. The van der Waals surface area contributed by atoms with Crippen molar-refractivity contribution in [2.45, 2.75) is 6.61 Å². The Morgan fingerprint density at radius 2 is 1.70 bits per heavy atom. The van der Waals surface area contributed by atoms with Gasteiger partial charge < -0.3 is 4.74 Å². The lowest BCUT2D eigenvalue weighted by Gasteiger charge is -2.08. The predicted octanol–water partition coefficient (Wildman–Crippen LogP) is 4.11. The highest BCUT2D eigenvalue weighted by Crippen LogP contribution is 2.20. The van der Waals surface area contributed by atoms with Crippen LogP contribution in [0.3, 0.4) is 0 Å². The van der Waals surface area contributed by atoms with Gasteiger partial charge in [0.15, 0.2) is 17.5 Å². The number of nitrogens with zero attached hydrogens (tertiary/aromatic N) is 2. The van der Waals surface area contributed by atoms with Gasteiger partial charge in [-0.05, 0) is 23.3 Å². The fourth-order valence-corrected chi connectivity index (χ4v) is 1.81. The molecular weight excluding hydrogens is 305 g/mol. The van der Waals surface area contributed by atoms with Crippen LogP contribution < -0.4 is 4.74 Å². The normalized spacial score (nSPS) is 9.61. The van der Waals surface area contributed by atoms with Crippen LogP contribution in [0.2, 0.25) is 0 Å². The Labute approximate surface area is 130 Å². The van der Waals surface area contributed by atoms with Gasteiger partial charge in [0, 0.05) is 12.1 Å². The van der Waals surface area contributed by atoms with E-state index in [0.717, 1.165) is 12.1 Å². The molecule has 2 aromatic carbocycles. The predicted molar refractivity (Wildman–Crippen MR) is 76.3 cm³/mol. The van der Waals surface area contributed by atoms with E-state index >= 15 is 0 Å². The van der Waals surface area contributed by atoms with Crippen molar-refractivity contribution in [3.63, 3.8) is 0 Å². The Balaban J connectivity index is 2.15. The Morgan fingerprint density at radius 1 is 1.04 bits per heavy atom. The Hall–Kier alpha value is -3.25. The Bertz CT molecular complexity index is 809. The molecule has 0 fully saturated rings. The Morgan fingerprint density at radius 3 is 2.30 bits per heavy atom. The third kappa shape index (κ3) is 4.12. The minimum absolute atomic E-state index is 0.0133. The first-order chi connectivity index (χ1) is 11.0. The minimum atomic E-state index is -1.55. The molecule has 0 unspecified atom stereocenters. The van der Waals surface area contributed by atoms with Crippen molar-refractivity contribution in [1.82, 2.24) is 0 Å². The van der Waals surface area contributed by atoms with Gasteiger partial charge in [-0.2, -0.15) is 10.5 Å². The molecule has 0 aromatic heterocycles. The molecule has 2 aromatic rings. The molecule has 0 aliphatic heterocycles. The molecule has 0 spiro atoms. The highest BCUT2D eigenvalue weighted by molar-refractivity contribution is 5.62. The monoisotopic (exact) mass is 314 g/mol. The summed E-state index contributed by atoms with van der Waals surface area (Å²) in [6, 6.07) is 11.7. The van der Waals surface area contributed by atoms with E-state index in [2.05, 4.69) is 0 Å². The minimum Gasteiger partial charge on any atom is -0.489 e. The van der Waals surface area contributed by atoms with Crippen LogP contribution in [0.4, 0.5) is 13.2 Å². The van der Waals surface area contributed by atoms with Crippen LogP contribution in [0, 0.1) is 40.1 Å². The maximum Gasteiger partial charge on any atom is 0.194 e. The number of hydrogen-bond donors (Lipinski definition) is 0. The van der Waals surface area contributed by atoms with Crippen LogP contribution in [0.15, 0.2) is 42.0 Å². The van der Waals surface area contributed by atoms with Crippen molar-refractivity contribution in [2.24, 2.45) is 0 Å². The standard InChI is InChI=1S/C17H9F3N2O/c18-15-6-14(7-16(19)17(15)20)23-10-12-3-1-2-11(4-12)5-13(8-21)9-22/h1-7H,10H2. The summed E-state index contributed by atoms with van der Waals surface area (Å²) < 4.78 is 44.2. The molecule has 0 atom stereocenters. The second-order valence-corrected chi connectivity index (χ2v) is 4.52. The number of ether oxygens (including phenoxy) is 1. The van der Waals surface area contributed by atoms with Gasteiger partial charge in [0.1, 0.15) is 30.1 Å². The van der Waals surface area contributed by atoms with Gasteiger partial charge in [-0.3, -0.25) is 0 Å². The van der Waals surface area contributed by atoms with Gasteiger partial charge in [0.25, 0.3) is 0 Å². The summed E-state index contributed by atoms with van der Waals surface area (Å²) in [5.74, 6) is -4.35. The third-order valence-electron chi connectivity index (χ3n) is 2.87. The van der Waals surface area contributed by atoms with Gasteiger partial charge in [0.2, 0.25) is 0 Å². The average Bonchev–Trinajstić information content (AvgIpc) is 2.56. The smallest absolute Gasteiger partial charge is 0.194 e. The molecule has 2 rings (SSSR count). The summed E-state index contributed by atoms with van der Waals surface area (Å²) in [6.07, 6.45) is 1.40. The summed E-state index contributed by atoms with van der Waals surface area (Å²) in [5.41, 5.74) is 1.21. The lowest BCUT2D eigenvalue weighted by atomic mass is 10.1. The van der Waals surface area contributed by atoms with Crippen molar-refractivity contribution in [1.29, 1.82) is 10.5 Å². The second-order valence-electron chi connectivity index (χ2n) is 4.52. The first-order valence-corrected chi connectivity index (χ1v) is 6.41. The lowest BCUT2D eigenvalue weighted by Crippen LogP contribution is -1.98. The van der Waals surface area contributed by atoms with Crippen molar-refractivity contribution in [3.05, 3.63) is 70.5 Å². The third-order valence-corrected chi connectivity index (χ3v) is 2.87. The number of rotatable bonds is 4. The second kappa shape index (κ2) is 7.15. The van der Waals surface area contributed by atoms with Crippen LogP contribution in [-0.2, 0) is 6.61 Å². The van der Waals surface area contributed by atoms with E-state index in [9.17, 15) is 13.2 Å². The van der Waals surface area contributed by atoms with Crippen molar-refractivity contribution in [2.75, 3.05) is 0 Å². The lowest BCUT2D eigenvalue weighted by molar-refractivity contribution is 0.299. The summed E-state index contributed by atoms with van der Waals surface area (Å²) in [4.78, 5) is 0. The molecule has 0 aliphatic rings. The van der Waals surface area contributed by atoms with Crippen LogP contribution in [0.25, 0.3) is 6.08 Å². The maximum absolute atomic E-state index is 13.1. The fourth-order valence-electron chi connectivity index (χ4n) is 1.81. The van der Waals surface area contributed by atoms with Crippen molar-refractivity contribution < 1.29 is 17.9 Å². The van der Waals surface area contributed by atoms with Crippen LogP contribution in [0.5, 0.6) is 5.75 Å². The van der Waals surface area contributed by atoms with Gasteiger partial charge in [-0.1, -0.05) is 18.2 Å². The highest BCUT2D eigenvalue weighted by Gasteiger charge is 2.11. The fraction of sp³-hybridized carbons (Fsp3) is 0.0588. The van der Waals surface area contributed by atoms with E-state index < -0.39 is 17.5 Å². The van der Waals surface area contributed by atoms with Crippen LogP contribution in [0.1, 0.15) is 11.1 Å². The largest absolute Gasteiger partial charge is 0.489 e. The molecule has 0 amide bonds. The summed E-state index contributed by atoms with van der Waals surface area (Å²) >= 11 is 0. The molecule has 0 saturated heterocycles. The zero-order valence-corrected chi connectivity index (χ0v) is 11.7. The molecule has 6 heteroatoms. The molecule has 0 radical (unpaired) electrons. The molecule has 114 valence electrons. The number of allylic oxidation sites excluding steroid dienone is 1. The molecule has 0 saturated carbocycles. The number of hydrogen-bond acceptors (Lipinski definition) is 3. The Kier molecular flexibility index (Phi) is 5.01. The number of nitriles is 2. The zero-order chi connectivity index (χ0) is 16.8. The molecule has 0 aliphatic carbocycles. The summed E-state index contributed by atoms with van der Waals surface area (Å²) in [5, 5.41) is 17.4. The van der Waals surface area contributed by atoms with Gasteiger partial charge in [0.05, 0.1) is 0 Å². The van der Waals surface area contributed by atoms with Gasteiger partial charge >= 0.3 is 0 Å². The van der Waals surface area contributed by atoms with Crippen molar-refractivity contribution in [3.8, 4) is 17.9 Å². The maximum atomic E-state index is 13.1. The highest BCUT2D eigenvalue weighted by atomic mass is 19.2. The SMILES string of the molecule is N#CC(C#N)=Cc1cccc(COc2cc(F)c(F)c(F)c2)c1. The van der Waals surface area contributed by atoms with Gasteiger partial charge in [-0.15, -0.1) is 0 Å². The quantitative estimate of drug-likeness (QED) is 0.630.